The van der Waals surface area contributed by atoms with Crippen molar-refractivity contribution >= 4 is 23.6 Å². The van der Waals surface area contributed by atoms with Crippen molar-refractivity contribution in [2.45, 2.75) is 12.8 Å². The molecule has 1 heterocycles. The number of ether oxygens (including phenoxy) is 1. The maximum atomic E-state index is 12.6. The third-order valence-electron chi connectivity index (χ3n) is 4.97. The summed E-state index contributed by atoms with van der Waals surface area (Å²) in [6.45, 7) is 2.59. The summed E-state index contributed by atoms with van der Waals surface area (Å²) in [5.74, 6) is 0.372. The van der Waals surface area contributed by atoms with Crippen LogP contribution in [0.4, 0.5) is 5.69 Å². The number of hydrogen-bond donors (Lipinski definition) is 2. The van der Waals surface area contributed by atoms with Crippen LogP contribution in [0.5, 0.6) is 5.75 Å². The van der Waals surface area contributed by atoms with Crippen LogP contribution in [0.3, 0.4) is 0 Å². The first-order valence-corrected chi connectivity index (χ1v) is 9.83. The summed E-state index contributed by atoms with van der Waals surface area (Å²) in [6.07, 6.45) is 1.68. The molecule has 0 bridgehead atoms. The number of nitrogens with one attached hydrogen (secondary N) is 2. The third kappa shape index (κ3) is 4.41. The number of carbonyl (C=O) groups excluding carboxylic acids is 2. The molecule has 1 aliphatic rings. The number of anilines is 1. The van der Waals surface area contributed by atoms with Gasteiger partial charge in [-0.05, 0) is 41.3 Å². The van der Waals surface area contributed by atoms with Crippen LogP contribution in [0.15, 0.2) is 84.6 Å². The van der Waals surface area contributed by atoms with Crippen molar-refractivity contribution in [3.63, 3.8) is 0 Å². The fourth-order valence-corrected chi connectivity index (χ4v) is 3.25. The van der Waals surface area contributed by atoms with Gasteiger partial charge in [-0.1, -0.05) is 67.6 Å². The molecular formula is C25H22N2O3. The Kier molecular flexibility index (Phi) is 5.61. The van der Waals surface area contributed by atoms with Gasteiger partial charge in [0.25, 0.3) is 11.8 Å². The highest BCUT2D eigenvalue weighted by Gasteiger charge is 2.23. The van der Waals surface area contributed by atoms with Gasteiger partial charge in [-0.2, -0.15) is 0 Å². The minimum absolute atomic E-state index is 0.194. The van der Waals surface area contributed by atoms with Gasteiger partial charge in [0, 0.05) is 12.1 Å². The molecule has 150 valence electrons. The molecule has 2 N–H and O–H groups in total. The van der Waals surface area contributed by atoms with Crippen LogP contribution < -0.4 is 15.4 Å². The molecule has 0 spiro atoms. The number of rotatable bonds is 5. The highest BCUT2D eigenvalue weighted by Crippen LogP contribution is 2.32. The van der Waals surface area contributed by atoms with Crippen molar-refractivity contribution in [2.24, 2.45) is 0 Å². The quantitative estimate of drug-likeness (QED) is 0.618. The van der Waals surface area contributed by atoms with Crippen LogP contribution in [-0.2, 0) is 4.79 Å². The first kappa shape index (κ1) is 19.5. The third-order valence-corrected chi connectivity index (χ3v) is 4.97. The Labute approximate surface area is 175 Å². The molecule has 0 aliphatic carbocycles. The van der Waals surface area contributed by atoms with Crippen LogP contribution in [0.25, 0.3) is 6.08 Å². The Morgan fingerprint density at radius 3 is 2.47 bits per heavy atom. The zero-order valence-corrected chi connectivity index (χ0v) is 16.6. The molecule has 0 aromatic heterocycles. The Morgan fingerprint density at radius 1 is 1.03 bits per heavy atom. The van der Waals surface area contributed by atoms with E-state index in [0.29, 0.717) is 23.5 Å². The first-order chi connectivity index (χ1) is 14.6. The maximum Gasteiger partial charge on any atom is 0.291 e. The predicted molar refractivity (Wildman–Crippen MR) is 117 cm³/mol. The van der Waals surface area contributed by atoms with Crippen LogP contribution in [0, 0.1) is 0 Å². The second-order valence-corrected chi connectivity index (χ2v) is 7.21. The SMILES string of the molecule is C[C@@H](CNC(=O)c1ccc2c(c1)NC(=O)/C(=C/c1ccccc1)O2)c1ccccc1. The van der Waals surface area contributed by atoms with Crippen molar-refractivity contribution in [2.75, 3.05) is 11.9 Å². The van der Waals surface area contributed by atoms with Crippen LogP contribution in [-0.4, -0.2) is 18.4 Å². The minimum atomic E-state index is -0.346. The number of amides is 2. The van der Waals surface area contributed by atoms with E-state index in [2.05, 4.69) is 17.6 Å². The van der Waals surface area contributed by atoms with Crippen molar-refractivity contribution < 1.29 is 14.3 Å². The highest BCUT2D eigenvalue weighted by molar-refractivity contribution is 6.09. The molecule has 0 unspecified atom stereocenters. The van der Waals surface area contributed by atoms with E-state index in [1.165, 1.54) is 5.56 Å². The standard InChI is InChI=1S/C25H22N2O3/c1-17(19-10-6-3-7-11-19)16-26-24(28)20-12-13-22-21(15-20)27-25(29)23(30-22)14-18-8-4-2-5-9-18/h2-15,17H,16H2,1H3,(H,26,28)(H,27,29)/b23-14-/t17-/m0/s1. The molecule has 4 rings (SSSR count). The number of benzene rings is 3. The molecule has 0 saturated carbocycles. The van der Waals surface area contributed by atoms with Gasteiger partial charge in [0.15, 0.2) is 11.5 Å². The van der Waals surface area contributed by atoms with Gasteiger partial charge in [-0.3, -0.25) is 9.59 Å². The lowest BCUT2D eigenvalue weighted by molar-refractivity contribution is -0.115. The van der Waals surface area contributed by atoms with Gasteiger partial charge in [0.05, 0.1) is 5.69 Å². The fourth-order valence-electron chi connectivity index (χ4n) is 3.25. The predicted octanol–water partition coefficient (Wildman–Crippen LogP) is 4.59. The van der Waals surface area contributed by atoms with Gasteiger partial charge >= 0.3 is 0 Å². The maximum absolute atomic E-state index is 12.6. The Bertz CT molecular complexity index is 1090. The topological polar surface area (TPSA) is 67.4 Å². The summed E-state index contributed by atoms with van der Waals surface area (Å²) < 4.78 is 5.76. The molecule has 5 nitrogen and oxygen atoms in total. The second kappa shape index (κ2) is 8.66. The lowest BCUT2D eigenvalue weighted by Gasteiger charge is -2.21. The molecule has 1 aliphatic heterocycles. The van der Waals surface area contributed by atoms with Crippen molar-refractivity contribution in [3.8, 4) is 5.75 Å². The average molecular weight is 398 g/mol. The minimum Gasteiger partial charge on any atom is -0.449 e. The van der Waals surface area contributed by atoms with E-state index in [4.69, 9.17) is 4.74 Å². The van der Waals surface area contributed by atoms with E-state index >= 15 is 0 Å². The normalized spacial score (nSPS) is 15.0. The lowest BCUT2D eigenvalue weighted by Crippen LogP contribution is -2.28. The summed E-state index contributed by atoms with van der Waals surface area (Å²) in [7, 11) is 0. The second-order valence-electron chi connectivity index (χ2n) is 7.21. The molecule has 1 atom stereocenters. The first-order valence-electron chi connectivity index (χ1n) is 9.83. The highest BCUT2D eigenvalue weighted by atomic mass is 16.5. The van der Waals surface area contributed by atoms with E-state index in [9.17, 15) is 9.59 Å². The van der Waals surface area contributed by atoms with Crippen molar-refractivity contribution in [3.05, 3.63) is 101 Å². The van der Waals surface area contributed by atoms with Gasteiger partial charge in [0.1, 0.15) is 0 Å². The molecule has 5 heteroatoms. The Balaban J connectivity index is 1.44. The van der Waals surface area contributed by atoms with Gasteiger partial charge in [-0.25, -0.2) is 0 Å². The van der Waals surface area contributed by atoms with Gasteiger partial charge in [0.2, 0.25) is 0 Å². The van der Waals surface area contributed by atoms with E-state index in [1.807, 2.05) is 60.7 Å². The van der Waals surface area contributed by atoms with E-state index < -0.39 is 0 Å². The summed E-state index contributed by atoms with van der Waals surface area (Å²) in [4.78, 5) is 25.0. The largest absolute Gasteiger partial charge is 0.449 e. The summed E-state index contributed by atoms with van der Waals surface area (Å²) >= 11 is 0. The zero-order chi connectivity index (χ0) is 20.9. The molecule has 30 heavy (non-hydrogen) atoms. The summed E-state index contributed by atoms with van der Waals surface area (Å²) in [5.41, 5.74) is 2.98. The molecule has 2 amide bonds. The molecule has 0 radical (unpaired) electrons. The Morgan fingerprint density at radius 2 is 1.73 bits per heavy atom. The monoisotopic (exact) mass is 398 g/mol. The zero-order valence-electron chi connectivity index (χ0n) is 16.6. The fraction of sp³-hybridized carbons (Fsp3) is 0.120. The summed E-state index contributed by atoms with van der Waals surface area (Å²) in [6, 6.07) is 24.5. The van der Waals surface area contributed by atoms with Crippen LogP contribution in [0.2, 0.25) is 0 Å². The molecule has 3 aromatic rings. The van der Waals surface area contributed by atoms with E-state index in [1.54, 1.807) is 24.3 Å². The average Bonchev–Trinajstić information content (AvgIpc) is 2.78. The van der Waals surface area contributed by atoms with Gasteiger partial charge < -0.3 is 15.4 Å². The van der Waals surface area contributed by atoms with E-state index in [0.717, 1.165) is 5.56 Å². The number of hydrogen-bond acceptors (Lipinski definition) is 3. The molecule has 0 fully saturated rings. The van der Waals surface area contributed by atoms with Gasteiger partial charge in [-0.15, -0.1) is 0 Å². The number of carbonyl (C=O) groups is 2. The molecule has 3 aromatic carbocycles. The number of fused-ring (bicyclic) bond motifs is 1. The molecular weight excluding hydrogens is 376 g/mol. The summed E-state index contributed by atoms with van der Waals surface area (Å²) in [5, 5.41) is 5.76. The Hall–Kier alpha value is -3.86. The van der Waals surface area contributed by atoms with Crippen LogP contribution in [0.1, 0.15) is 34.3 Å². The van der Waals surface area contributed by atoms with Crippen molar-refractivity contribution in [1.29, 1.82) is 0 Å². The smallest absolute Gasteiger partial charge is 0.291 e. The van der Waals surface area contributed by atoms with Crippen LogP contribution >= 0.6 is 0 Å². The molecule has 0 saturated heterocycles. The van der Waals surface area contributed by atoms with E-state index in [-0.39, 0.29) is 23.5 Å². The van der Waals surface area contributed by atoms with Crippen molar-refractivity contribution in [1.82, 2.24) is 5.32 Å². The lowest BCUT2D eigenvalue weighted by atomic mass is 10.0.